The van der Waals surface area contributed by atoms with Crippen molar-refractivity contribution in [1.29, 1.82) is 0 Å². The molecule has 2 rings (SSSR count). The Morgan fingerprint density at radius 1 is 1.32 bits per heavy atom. The van der Waals surface area contributed by atoms with Gasteiger partial charge in [0.25, 0.3) is 5.91 Å². The smallest absolute Gasteiger partial charge is 0.258 e. The summed E-state index contributed by atoms with van der Waals surface area (Å²) in [6.45, 7) is 5.52. The highest BCUT2D eigenvalue weighted by Gasteiger charge is 2.37. The van der Waals surface area contributed by atoms with E-state index < -0.39 is 29.1 Å². The van der Waals surface area contributed by atoms with Crippen LogP contribution in [0.15, 0.2) is 18.2 Å². The second-order valence-electron chi connectivity index (χ2n) is 6.15. The molecule has 0 aliphatic carbocycles. The van der Waals surface area contributed by atoms with Gasteiger partial charge in [-0.05, 0) is 39.0 Å². The molecule has 1 aliphatic heterocycles. The first-order chi connectivity index (χ1) is 10.2. The van der Waals surface area contributed by atoms with Crippen molar-refractivity contribution >= 4 is 23.6 Å². The van der Waals surface area contributed by atoms with Crippen LogP contribution in [0.2, 0.25) is 0 Å². The summed E-state index contributed by atoms with van der Waals surface area (Å²) in [6.07, 6.45) is 0. The van der Waals surface area contributed by atoms with Crippen LogP contribution in [0, 0.1) is 11.6 Å². The summed E-state index contributed by atoms with van der Waals surface area (Å²) < 4.78 is 27.0. The van der Waals surface area contributed by atoms with Gasteiger partial charge in [-0.15, -0.1) is 11.8 Å². The summed E-state index contributed by atoms with van der Waals surface area (Å²) in [5.74, 6) is -1.73. The summed E-state index contributed by atoms with van der Waals surface area (Å²) in [5, 5.41) is 2.81. The first-order valence-electron chi connectivity index (χ1n) is 6.85. The largest absolute Gasteiger partial charge is 0.350 e. The fourth-order valence-electron chi connectivity index (χ4n) is 2.13. The summed E-state index contributed by atoms with van der Waals surface area (Å²) in [7, 11) is 0. The van der Waals surface area contributed by atoms with Crippen molar-refractivity contribution in [3.63, 3.8) is 0 Å². The van der Waals surface area contributed by atoms with Crippen LogP contribution >= 0.6 is 11.8 Å². The standard InChI is InChI=1S/C15H18F2N2O2S/c1-15(2,3)18-13(20)12-7-22-8-19(12)14(21)10-6-9(16)4-5-11(10)17/h4-6,12H,7-8H2,1-3H3,(H,18,20)/t12-/m0/s1. The highest BCUT2D eigenvalue weighted by molar-refractivity contribution is 7.99. The molecule has 0 aromatic heterocycles. The molecule has 0 saturated carbocycles. The maximum Gasteiger partial charge on any atom is 0.258 e. The maximum atomic E-state index is 13.8. The normalized spacial score (nSPS) is 18.4. The second kappa shape index (κ2) is 6.24. The van der Waals surface area contributed by atoms with Crippen molar-refractivity contribution in [3.05, 3.63) is 35.4 Å². The zero-order valence-corrected chi connectivity index (χ0v) is 13.5. The van der Waals surface area contributed by atoms with Gasteiger partial charge in [0.15, 0.2) is 0 Å². The van der Waals surface area contributed by atoms with E-state index >= 15 is 0 Å². The molecule has 0 bridgehead atoms. The lowest BCUT2D eigenvalue weighted by Crippen LogP contribution is -2.52. The Bertz CT molecular complexity index is 602. The fourth-order valence-corrected chi connectivity index (χ4v) is 3.28. The minimum atomic E-state index is -0.793. The summed E-state index contributed by atoms with van der Waals surface area (Å²) >= 11 is 1.41. The van der Waals surface area contributed by atoms with E-state index in [4.69, 9.17) is 0 Å². The van der Waals surface area contributed by atoms with Crippen LogP contribution in [0.25, 0.3) is 0 Å². The van der Waals surface area contributed by atoms with Crippen molar-refractivity contribution in [2.24, 2.45) is 0 Å². The minimum absolute atomic E-state index is 0.275. The van der Waals surface area contributed by atoms with Crippen LogP contribution in [0.4, 0.5) is 8.78 Å². The van der Waals surface area contributed by atoms with Gasteiger partial charge in [-0.25, -0.2) is 8.78 Å². The van der Waals surface area contributed by atoms with Crippen LogP contribution in [-0.2, 0) is 4.79 Å². The number of carbonyl (C=O) groups excluding carboxylic acids is 2. The molecule has 1 fully saturated rings. The number of halogens is 2. The first kappa shape index (κ1) is 16.7. The van der Waals surface area contributed by atoms with Gasteiger partial charge in [0.05, 0.1) is 11.4 Å². The monoisotopic (exact) mass is 328 g/mol. The molecule has 1 aliphatic rings. The average Bonchev–Trinajstić information content (AvgIpc) is 2.88. The van der Waals surface area contributed by atoms with Crippen LogP contribution in [0.3, 0.4) is 0 Å². The van der Waals surface area contributed by atoms with Crippen molar-refractivity contribution in [1.82, 2.24) is 10.2 Å². The molecule has 4 nitrogen and oxygen atoms in total. The van der Waals surface area contributed by atoms with Crippen LogP contribution < -0.4 is 5.32 Å². The Labute approximate surface area is 132 Å². The number of carbonyl (C=O) groups is 2. The fraction of sp³-hybridized carbons (Fsp3) is 0.467. The zero-order valence-electron chi connectivity index (χ0n) is 12.7. The summed E-state index contributed by atoms with van der Waals surface area (Å²) in [6, 6.07) is 2.05. The zero-order chi connectivity index (χ0) is 16.5. The number of nitrogens with one attached hydrogen (secondary N) is 1. The molecule has 1 heterocycles. The van der Waals surface area contributed by atoms with Crippen molar-refractivity contribution in [2.45, 2.75) is 32.4 Å². The highest BCUT2D eigenvalue weighted by Crippen LogP contribution is 2.25. The Morgan fingerprint density at radius 2 is 2.00 bits per heavy atom. The Hall–Kier alpha value is -1.63. The van der Waals surface area contributed by atoms with Crippen molar-refractivity contribution < 1.29 is 18.4 Å². The first-order valence-corrected chi connectivity index (χ1v) is 8.00. The van der Waals surface area contributed by atoms with E-state index in [9.17, 15) is 18.4 Å². The molecule has 120 valence electrons. The van der Waals surface area contributed by atoms with E-state index in [1.807, 2.05) is 20.8 Å². The summed E-state index contributed by atoms with van der Waals surface area (Å²) in [4.78, 5) is 26.0. The number of hydrogen-bond donors (Lipinski definition) is 1. The van der Waals surface area contributed by atoms with Crippen molar-refractivity contribution in [3.8, 4) is 0 Å². The van der Waals surface area contributed by atoms with Gasteiger partial charge in [-0.1, -0.05) is 0 Å². The van der Waals surface area contributed by atoms with Crippen LogP contribution in [-0.4, -0.2) is 39.9 Å². The number of amides is 2. The van der Waals surface area contributed by atoms with E-state index in [2.05, 4.69) is 5.32 Å². The Balaban J connectivity index is 2.21. The Morgan fingerprint density at radius 3 is 2.64 bits per heavy atom. The van der Waals surface area contributed by atoms with E-state index in [0.717, 1.165) is 18.2 Å². The molecule has 2 amide bonds. The molecule has 1 saturated heterocycles. The number of thioether (sulfide) groups is 1. The minimum Gasteiger partial charge on any atom is -0.350 e. The summed E-state index contributed by atoms with van der Waals surface area (Å²) in [5.41, 5.74) is -0.778. The molecule has 1 N–H and O–H groups in total. The molecule has 1 atom stereocenters. The van der Waals surface area contributed by atoms with Gasteiger partial charge in [0.1, 0.15) is 17.7 Å². The molecule has 7 heteroatoms. The molecule has 0 spiro atoms. The van der Waals surface area contributed by atoms with Gasteiger partial charge in [0, 0.05) is 11.3 Å². The van der Waals surface area contributed by atoms with Gasteiger partial charge in [-0.2, -0.15) is 0 Å². The van der Waals surface area contributed by atoms with Crippen LogP contribution in [0.5, 0.6) is 0 Å². The van der Waals surface area contributed by atoms with Crippen LogP contribution in [0.1, 0.15) is 31.1 Å². The molecule has 0 radical (unpaired) electrons. The van der Waals surface area contributed by atoms with Crippen molar-refractivity contribution in [2.75, 3.05) is 11.6 Å². The van der Waals surface area contributed by atoms with Gasteiger partial charge >= 0.3 is 0 Å². The third-order valence-electron chi connectivity index (χ3n) is 3.10. The topological polar surface area (TPSA) is 49.4 Å². The average molecular weight is 328 g/mol. The SMILES string of the molecule is CC(C)(C)NC(=O)[C@@H]1CSCN1C(=O)c1cc(F)ccc1F. The second-order valence-corrected chi connectivity index (χ2v) is 7.15. The lowest BCUT2D eigenvalue weighted by atomic mass is 10.1. The lowest BCUT2D eigenvalue weighted by molar-refractivity contribution is -0.125. The maximum absolute atomic E-state index is 13.8. The molecule has 1 aromatic carbocycles. The predicted molar refractivity (Wildman–Crippen MR) is 81.5 cm³/mol. The molecule has 22 heavy (non-hydrogen) atoms. The third kappa shape index (κ3) is 3.76. The third-order valence-corrected chi connectivity index (χ3v) is 4.12. The number of benzene rings is 1. The Kier molecular flexibility index (Phi) is 4.75. The predicted octanol–water partition coefficient (Wildman–Crippen LogP) is 2.39. The van der Waals surface area contributed by atoms with Gasteiger partial charge in [-0.3, -0.25) is 9.59 Å². The lowest BCUT2D eigenvalue weighted by Gasteiger charge is -2.27. The van der Waals surface area contributed by atoms with E-state index in [0.29, 0.717) is 5.75 Å². The molecule has 0 unspecified atom stereocenters. The molecular weight excluding hydrogens is 310 g/mol. The van der Waals surface area contributed by atoms with E-state index in [1.54, 1.807) is 0 Å². The quantitative estimate of drug-likeness (QED) is 0.907. The van der Waals surface area contributed by atoms with Gasteiger partial charge < -0.3 is 10.2 Å². The highest BCUT2D eigenvalue weighted by atomic mass is 32.2. The van der Waals surface area contributed by atoms with Gasteiger partial charge in [0.2, 0.25) is 5.91 Å². The number of hydrogen-bond acceptors (Lipinski definition) is 3. The molecular formula is C15H18F2N2O2S. The van der Waals surface area contributed by atoms with E-state index in [-0.39, 0.29) is 17.3 Å². The number of rotatable bonds is 2. The molecule has 1 aromatic rings. The van der Waals surface area contributed by atoms with E-state index in [1.165, 1.54) is 16.7 Å². The number of nitrogens with zero attached hydrogens (tertiary/aromatic N) is 1.